The summed E-state index contributed by atoms with van der Waals surface area (Å²) in [6.45, 7) is 7.63. The van der Waals surface area contributed by atoms with Gasteiger partial charge in [-0.05, 0) is 25.2 Å². The lowest BCUT2D eigenvalue weighted by Crippen LogP contribution is -2.28. The Morgan fingerprint density at radius 3 is 2.64 bits per heavy atom. The second kappa shape index (κ2) is 8.51. The lowest BCUT2D eigenvalue weighted by atomic mass is 10.3. The van der Waals surface area contributed by atoms with Crippen LogP contribution in [0.3, 0.4) is 0 Å². The third-order valence-corrected chi connectivity index (χ3v) is 4.21. The van der Waals surface area contributed by atoms with E-state index in [0.717, 1.165) is 36.0 Å². The number of thiazole rings is 1. The molecule has 2 amide bonds. The van der Waals surface area contributed by atoms with E-state index in [1.54, 1.807) is 11.3 Å². The summed E-state index contributed by atoms with van der Waals surface area (Å²) in [7, 11) is 0. The minimum atomic E-state index is -0.216. The molecule has 0 unspecified atom stereocenters. The second-order valence-electron chi connectivity index (χ2n) is 4.87. The van der Waals surface area contributed by atoms with Crippen LogP contribution in [-0.4, -0.2) is 29.0 Å². The molecule has 1 aromatic heterocycles. The van der Waals surface area contributed by atoms with Gasteiger partial charge in [-0.15, -0.1) is 11.3 Å². The number of carbonyl (C=O) groups is 1. The number of anilines is 1. The lowest BCUT2D eigenvalue weighted by Gasteiger charge is -2.15. The zero-order valence-electron chi connectivity index (χ0n) is 13.0. The molecule has 0 fully saturated rings. The quantitative estimate of drug-likeness (QED) is 0.823. The van der Waals surface area contributed by atoms with Gasteiger partial charge in [0.1, 0.15) is 5.01 Å². The van der Waals surface area contributed by atoms with Crippen molar-refractivity contribution in [3.8, 4) is 0 Å². The van der Waals surface area contributed by atoms with E-state index in [0.29, 0.717) is 6.54 Å². The predicted molar refractivity (Wildman–Crippen MR) is 91.0 cm³/mol. The second-order valence-corrected chi connectivity index (χ2v) is 5.81. The highest BCUT2D eigenvalue weighted by Crippen LogP contribution is 2.12. The van der Waals surface area contributed by atoms with Gasteiger partial charge in [0.25, 0.3) is 0 Å². The number of amides is 2. The maximum Gasteiger partial charge on any atom is 0.319 e. The first-order chi connectivity index (χ1) is 10.7. The molecule has 2 aromatic rings. The Balaban J connectivity index is 1.79. The Morgan fingerprint density at radius 1 is 1.23 bits per heavy atom. The molecule has 0 aliphatic heterocycles. The van der Waals surface area contributed by atoms with Crippen LogP contribution in [0.5, 0.6) is 0 Å². The molecule has 1 heterocycles. The van der Waals surface area contributed by atoms with E-state index < -0.39 is 0 Å². The largest absolute Gasteiger partial charge is 0.331 e. The number of carbonyl (C=O) groups excluding carboxylic acids is 1. The van der Waals surface area contributed by atoms with E-state index in [-0.39, 0.29) is 6.03 Å². The van der Waals surface area contributed by atoms with Crippen LogP contribution < -0.4 is 10.6 Å². The summed E-state index contributed by atoms with van der Waals surface area (Å²) in [6, 6.07) is 9.17. The molecule has 0 spiro atoms. The van der Waals surface area contributed by atoms with Crippen molar-refractivity contribution in [2.45, 2.75) is 26.9 Å². The molecule has 5 nitrogen and oxygen atoms in total. The number of hydrogen-bond acceptors (Lipinski definition) is 4. The summed E-state index contributed by atoms with van der Waals surface area (Å²) in [5.41, 5.74) is 1.84. The highest BCUT2D eigenvalue weighted by atomic mass is 32.1. The number of para-hydroxylation sites is 1. The smallest absolute Gasteiger partial charge is 0.319 e. The normalized spacial score (nSPS) is 10.7. The zero-order chi connectivity index (χ0) is 15.8. The molecule has 0 radical (unpaired) electrons. The summed E-state index contributed by atoms with van der Waals surface area (Å²) < 4.78 is 0. The van der Waals surface area contributed by atoms with Gasteiger partial charge in [0.05, 0.1) is 12.2 Å². The average Bonchev–Trinajstić information content (AvgIpc) is 2.99. The lowest BCUT2D eigenvalue weighted by molar-refractivity contribution is 0.251. The summed E-state index contributed by atoms with van der Waals surface area (Å²) in [5.74, 6) is 0. The van der Waals surface area contributed by atoms with Crippen molar-refractivity contribution in [2.75, 3.05) is 18.4 Å². The fourth-order valence-electron chi connectivity index (χ4n) is 2.03. The molecule has 2 N–H and O–H groups in total. The van der Waals surface area contributed by atoms with Crippen molar-refractivity contribution in [3.63, 3.8) is 0 Å². The summed E-state index contributed by atoms with van der Waals surface area (Å²) in [5, 5.41) is 8.60. The Morgan fingerprint density at radius 2 is 1.95 bits per heavy atom. The fraction of sp³-hybridized carbons (Fsp3) is 0.375. The standard InChI is InChI=1S/C16H22N4OS/c1-3-20(4-2)11-14-12-22-15(18-14)10-17-16(21)19-13-8-6-5-7-9-13/h5-9,12H,3-4,10-11H2,1-2H3,(H2,17,19,21). The minimum absolute atomic E-state index is 0.216. The number of aromatic nitrogens is 1. The Bertz CT molecular complexity index is 581. The van der Waals surface area contributed by atoms with Crippen molar-refractivity contribution < 1.29 is 4.79 Å². The van der Waals surface area contributed by atoms with Crippen LogP contribution in [0.25, 0.3) is 0 Å². The maximum absolute atomic E-state index is 11.8. The molecular formula is C16H22N4OS. The molecule has 0 saturated heterocycles. The first kappa shape index (κ1) is 16.5. The van der Waals surface area contributed by atoms with Crippen LogP contribution in [0.15, 0.2) is 35.7 Å². The molecule has 0 aliphatic rings. The molecular weight excluding hydrogens is 296 g/mol. The third kappa shape index (κ3) is 5.13. The van der Waals surface area contributed by atoms with Gasteiger partial charge < -0.3 is 10.6 Å². The van der Waals surface area contributed by atoms with Gasteiger partial charge in [0.15, 0.2) is 0 Å². The van der Waals surface area contributed by atoms with Gasteiger partial charge in [0.2, 0.25) is 0 Å². The van der Waals surface area contributed by atoms with Gasteiger partial charge in [-0.3, -0.25) is 4.90 Å². The van der Waals surface area contributed by atoms with Crippen molar-refractivity contribution in [1.29, 1.82) is 0 Å². The van der Waals surface area contributed by atoms with E-state index >= 15 is 0 Å². The Labute approximate surface area is 135 Å². The molecule has 0 saturated carbocycles. The van der Waals surface area contributed by atoms with Gasteiger partial charge in [-0.25, -0.2) is 9.78 Å². The topological polar surface area (TPSA) is 57.3 Å². The SMILES string of the molecule is CCN(CC)Cc1csc(CNC(=O)Nc2ccccc2)n1. The van der Waals surface area contributed by atoms with E-state index in [2.05, 4.69) is 39.7 Å². The van der Waals surface area contributed by atoms with Crippen LogP contribution in [0.4, 0.5) is 10.5 Å². The van der Waals surface area contributed by atoms with E-state index in [1.165, 1.54) is 0 Å². The van der Waals surface area contributed by atoms with Crippen LogP contribution in [-0.2, 0) is 13.1 Å². The van der Waals surface area contributed by atoms with Crippen LogP contribution in [0.2, 0.25) is 0 Å². The molecule has 0 aliphatic carbocycles. The molecule has 118 valence electrons. The van der Waals surface area contributed by atoms with Gasteiger partial charge in [-0.2, -0.15) is 0 Å². The van der Waals surface area contributed by atoms with Crippen molar-refractivity contribution in [2.24, 2.45) is 0 Å². The molecule has 1 aromatic carbocycles. The van der Waals surface area contributed by atoms with Crippen LogP contribution in [0, 0.1) is 0 Å². The monoisotopic (exact) mass is 318 g/mol. The molecule has 22 heavy (non-hydrogen) atoms. The molecule has 6 heteroatoms. The minimum Gasteiger partial charge on any atom is -0.331 e. The number of urea groups is 1. The van der Waals surface area contributed by atoms with Crippen molar-refractivity contribution in [1.82, 2.24) is 15.2 Å². The van der Waals surface area contributed by atoms with Crippen molar-refractivity contribution >= 4 is 23.1 Å². The van der Waals surface area contributed by atoms with Gasteiger partial charge in [-0.1, -0.05) is 32.0 Å². The number of hydrogen-bond donors (Lipinski definition) is 2. The number of rotatable bonds is 7. The van der Waals surface area contributed by atoms with E-state index in [4.69, 9.17) is 0 Å². The highest BCUT2D eigenvalue weighted by Gasteiger charge is 2.07. The Hall–Kier alpha value is -1.92. The van der Waals surface area contributed by atoms with Crippen LogP contribution in [0.1, 0.15) is 24.5 Å². The Kier molecular flexibility index (Phi) is 6.36. The van der Waals surface area contributed by atoms with Gasteiger partial charge >= 0.3 is 6.03 Å². The molecule has 0 bridgehead atoms. The number of nitrogens with one attached hydrogen (secondary N) is 2. The molecule has 0 atom stereocenters. The van der Waals surface area contributed by atoms with Crippen LogP contribution >= 0.6 is 11.3 Å². The number of nitrogens with zero attached hydrogens (tertiary/aromatic N) is 2. The van der Waals surface area contributed by atoms with Crippen molar-refractivity contribution in [3.05, 3.63) is 46.4 Å². The predicted octanol–water partition coefficient (Wildman–Crippen LogP) is 3.31. The third-order valence-electron chi connectivity index (χ3n) is 3.31. The molecule has 2 rings (SSSR count). The highest BCUT2D eigenvalue weighted by molar-refractivity contribution is 7.09. The number of benzene rings is 1. The first-order valence-electron chi connectivity index (χ1n) is 7.46. The van der Waals surface area contributed by atoms with Gasteiger partial charge in [0, 0.05) is 17.6 Å². The van der Waals surface area contributed by atoms with E-state index in [9.17, 15) is 4.79 Å². The summed E-state index contributed by atoms with van der Waals surface area (Å²) in [6.07, 6.45) is 0. The van der Waals surface area contributed by atoms with E-state index in [1.807, 2.05) is 30.3 Å². The maximum atomic E-state index is 11.8. The summed E-state index contributed by atoms with van der Waals surface area (Å²) >= 11 is 1.58. The summed E-state index contributed by atoms with van der Waals surface area (Å²) in [4.78, 5) is 18.7. The zero-order valence-corrected chi connectivity index (χ0v) is 13.8. The average molecular weight is 318 g/mol. The fourth-order valence-corrected chi connectivity index (χ4v) is 2.76. The first-order valence-corrected chi connectivity index (χ1v) is 8.34.